The molecule has 0 bridgehead atoms. The third kappa shape index (κ3) is 2.72. The van der Waals surface area contributed by atoms with Gasteiger partial charge >= 0.3 is 0 Å². The summed E-state index contributed by atoms with van der Waals surface area (Å²) in [4.78, 5) is 18.2. The lowest BCUT2D eigenvalue weighted by Gasteiger charge is -2.22. The second-order valence-corrected chi connectivity index (χ2v) is 5.20. The van der Waals surface area contributed by atoms with Gasteiger partial charge in [-0.3, -0.25) is 4.79 Å². The lowest BCUT2D eigenvalue weighted by molar-refractivity contribution is -0.129. The first-order valence-corrected chi connectivity index (χ1v) is 6.98. The summed E-state index contributed by atoms with van der Waals surface area (Å²) in [5.74, 6) is 1.25. The Labute approximate surface area is 123 Å². The molecule has 5 heteroatoms. The number of carbonyl (C=O) groups excluding carboxylic acids is 1. The van der Waals surface area contributed by atoms with Gasteiger partial charge in [-0.15, -0.1) is 0 Å². The summed E-state index contributed by atoms with van der Waals surface area (Å²) in [7, 11) is 0. The predicted octanol–water partition coefficient (Wildman–Crippen LogP) is 2.88. The largest absolute Gasteiger partial charge is 0.337 e. The van der Waals surface area contributed by atoms with Crippen LogP contribution in [0.25, 0.3) is 6.08 Å². The quantitative estimate of drug-likeness (QED) is 0.865. The van der Waals surface area contributed by atoms with E-state index in [4.69, 9.17) is 4.52 Å². The Balaban J connectivity index is 1.80. The Morgan fingerprint density at radius 2 is 2.19 bits per heavy atom. The molecule has 0 saturated carbocycles. The highest BCUT2D eigenvalue weighted by molar-refractivity contribution is 5.78. The number of carbonyl (C=O) groups is 1. The van der Waals surface area contributed by atoms with Gasteiger partial charge in [-0.2, -0.15) is 4.98 Å². The molecule has 1 amide bonds. The number of likely N-dealkylation sites (tertiary alicyclic amines) is 1. The summed E-state index contributed by atoms with van der Waals surface area (Å²) in [6, 6.07) is 7.90. The SMILES string of the molecule is C=Cc1ccc(CN2C(=O)CC[C@@H]2c2nc(C)no2)cc1. The molecule has 2 aromatic rings. The van der Waals surface area contributed by atoms with Crippen molar-refractivity contribution in [1.82, 2.24) is 15.0 Å². The standard InChI is InChI=1S/C16H17N3O2/c1-3-12-4-6-13(7-5-12)10-19-14(8-9-15(19)20)16-17-11(2)18-21-16/h3-7,14H,1,8-10H2,2H3/t14-/m1/s1. The minimum absolute atomic E-state index is 0.113. The zero-order valence-electron chi connectivity index (χ0n) is 12.0. The van der Waals surface area contributed by atoms with Crippen molar-refractivity contribution in [2.45, 2.75) is 32.4 Å². The molecule has 21 heavy (non-hydrogen) atoms. The van der Waals surface area contributed by atoms with Crippen LogP contribution in [0.4, 0.5) is 0 Å². The fourth-order valence-corrected chi connectivity index (χ4v) is 2.59. The van der Waals surface area contributed by atoms with Gasteiger partial charge in [-0.1, -0.05) is 42.1 Å². The number of aryl methyl sites for hydroxylation is 1. The Kier molecular flexibility index (Phi) is 3.56. The molecule has 1 fully saturated rings. The van der Waals surface area contributed by atoms with Gasteiger partial charge in [0.1, 0.15) is 6.04 Å². The van der Waals surface area contributed by atoms with Crippen LogP contribution in [0.1, 0.15) is 41.7 Å². The van der Waals surface area contributed by atoms with E-state index in [9.17, 15) is 4.79 Å². The number of aromatic nitrogens is 2. The van der Waals surface area contributed by atoms with Crippen molar-refractivity contribution in [1.29, 1.82) is 0 Å². The van der Waals surface area contributed by atoms with Gasteiger partial charge in [-0.05, 0) is 24.5 Å². The third-order valence-electron chi connectivity index (χ3n) is 3.72. The third-order valence-corrected chi connectivity index (χ3v) is 3.72. The number of hydrogen-bond donors (Lipinski definition) is 0. The Bertz CT molecular complexity index is 660. The lowest BCUT2D eigenvalue weighted by Crippen LogP contribution is -2.27. The van der Waals surface area contributed by atoms with E-state index in [0.717, 1.165) is 17.5 Å². The summed E-state index contributed by atoms with van der Waals surface area (Å²) in [5, 5.41) is 3.82. The van der Waals surface area contributed by atoms with Crippen LogP contribution in [-0.2, 0) is 11.3 Å². The zero-order chi connectivity index (χ0) is 14.8. The normalized spacial score (nSPS) is 18.2. The van der Waals surface area contributed by atoms with Gasteiger partial charge in [0.2, 0.25) is 11.8 Å². The summed E-state index contributed by atoms with van der Waals surface area (Å²) >= 11 is 0. The number of rotatable bonds is 4. The average molecular weight is 283 g/mol. The first-order valence-electron chi connectivity index (χ1n) is 6.98. The Morgan fingerprint density at radius 3 is 2.81 bits per heavy atom. The zero-order valence-corrected chi connectivity index (χ0v) is 12.0. The summed E-state index contributed by atoms with van der Waals surface area (Å²) in [5.41, 5.74) is 2.15. The molecular weight excluding hydrogens is 266 g/mol. The minimum Gasteiger partial charge on any atom is -0.337 e. The second kappa shape index (κ2) is 5.52. The van der Waals surface area contributed by atoms with Crippen LogP contribution >= 0.6 is 0 Å². The van der Waals surface area contributed by atoms with E-state index in [1.54, 1.807) is 13.0 Å². The van der Waals surface area contributed by atoms with Crippen molar-refractivity contribution in [2.75, 3.05) is 0 Å². The molecule has 2 heterocycles. The van der Waals surface area contributed by atoms with Gasteiger partial charge in [0.25, 0.3) is 0 Å². The molecule has 5 nitrogen and oxygen atoms in total. The van der Waals surface area contributed by atoms with Gasteiger partial charge in [0.15, 0.2) is 5.82 Å². The number of amides is 1. The molecule has 0 unspecified atom stereocenters. The predicted molar refractivity (Wildman–Crippen MR) is 78.1 cm³/mol. The van der Waals surface area contributed by atoms with Gasteiger partial charge in [0, 0.05) is 13.0 Å². The van der Waals surface area contributed by atoms with E-state index in [1.807, 2.05) is 29.2 Å². The monoisotopic (exact) mass is 283 g/mol. The molecule has 1 aliphatic rings. The lowest BCUT2D eigenvalue weighted by atomic mass is 10.1. The molecule has 1 aliphatic heterocycles. The van der Waals surface area contributed by atoms with Crippen LogP contribution in [0.5, 0.6) is 0 Å². The van der Waals surface area contributed by atoms with Crippen LogP contribution < -0.4 is 0 Å². The maximum atomic E-state index is 12.1. The van der Waals surface area contributed by atoms with Crippen LogP contribution in [0.3, 0.4) is 0 Å². The van der Waals surface area contributed by atoms with E-state index in [-0.39, 0.29) is 11.9 Å². The topological polar surface area (TPSA) is 59.2 Å². The molecule has 0 radical (unpaired) electrons. The summed E-state index contributed by atoms with van der Waals surface area (Å²) in [6.45, 7) is 6.08. The molecule has 1 atom stereocenters. The van der Waals surface area contributed by atoms with E-state index >= 15 is 0 Å². The van der Waals surface area contributed by atoms with Crippen LogP contribution in [0.15, 0.2) is 35.4 Å². The molecule has 0 spiro atoms. The fraction of sp³-hybridized carbons (Fsp3) is 0.312. The van der Waals surface area contributed by atoms with Crippen molar-refractivity contribution in [2.24, 2.45) is 0 Å². The van der Waals surface area contributed by atoms with E-state index in [2.05, 4.69) is 16.7 Å². The first kappa shape index (κ1) is 13.5. The Morgan fingerprint density at radius 1 is 1.43 bits per heavy atom. The maximum absolute atomic E-state index is 12.1. The summed E-state index contributed by atoms with van der Waals surface area (Å²) < 4.78 is 5.23. The first-order chi connectivity index (χ1) is 10.2. The highest BCUT2D eigenvalue weighted by atomic mass is 16.5. The molecule has 1 aromatic carbocycles. The number of nitrogens with zero attached hydrogens (tertiary/aromatic N) is 3. The van der Waals surface area contributed by atoms with E-state index in [0.29, 0.717) is 24.7 Å². The summed E-state index contributed by atoms with van der Waals surface area (Å²) in [6.07, 6.45) is 3.05. The fourth-order valence-electron chi connectivity index (χ4n) is 2.59. The van der Waals surface area contributed by atoms with Crippen LogP contribution in [0, 0.1) is 6.92 Å². The van der Waals surface area contributed by atoms with Crippen molar-refractivity contribution in [3.8, 4) is 0 Å². The Hall–Kier alpha value is -2.43. The van der Waals surface area contributed by atoms with Gasteiger partial charge < -0.3 is 9.42 Å². The van der Waals surface area contributed by atoms with Crippen molar-refractivity contribution in [3.05, 3.63) is 53.7 Å². The van der Waals surface area contributed by atoms with Crippen LogP contribution in [0.2, 0.25) is 0 Å². The smallest absolute Gasteiger partial charge is 0.249 e. The number of benzene rings is 1. The van der Waals surface area contributed by atoms with Crippen molar-refractivity contribution >= 4 is 12.0 Å². The van der Waals surface area contributed by atoms with E-state index < -0.39 is 0 Å². The molecule has 1 aromatic heterocycles. The van der Waals surface area contributed by atoms with E-state index in [1.165, 1.54) is 0 Å². The highest BCUT2D eigenvalue weighted by Gasteiger charge is 2.35. The minimum atomic E-state index is -0.113. The maximum Gasteiger partial charge on any atom is 0.249 e. The van der Waals surface area contributed by atoms with Crippen molar-refractivity contribution < 1.29 is 9.32 Å². The second-order valence-electron chi connectivity index (χ2n) is 5.20. The molecule has 3 rings (SSSR count). The molecule has 0 N–H and O–H groups in total. The molecule has 108 valence electrons. The number of hydrogen-bond acceptors (Lipinski definition) is 4. The molecule has 1 saturated heterocycles. The van der Waals surface area contributed by atoms with Gasteiger partial charge in [-0.25, -0.2) is 0 Å². The highest BCUT2D eigenvalue weighted by Crippen LogP contribution is 2.33. The van der Waals surface area contributed by atoms with Crippen LogP contribution in [-0.4, -0.2) is 20.9 Å². The van der Waals surface area contributed by atoms with Crippen molar-refractivity contribution in [3.63, 3.8) is 0 Å². The average Bonchev–Trinajstić information content (AvgIpc) is 3.07. The molecule has 0 aliphatic carbocycles. The molecular formula is C16H17N3O2. The van der Waals surface area contributed by atoms with Gasteiger partial charge in [0.05, 0.1) is 0 Å².